The number of rotatable bonds is 5. The zero-order chi connectivity index (χ0) is 14.3. The van der Waals surface area contributed by atoms with E-state index in [1.807, 2.05) is 0 Å². The van der Waals surface area contributed by atoms with E-state index in [1.165, 1.54) is 16.7 Å². The summed E-state index contributed by atoms with van der Waals surface area (Å²) in [6, 6.07) is 7.02. The van der Waals surface area contributed by atoms with E-state index in [9.17, 15) is 0 Å². The molecule has 1 aromatic rings. The molecular formula is C16H28IN3. The highest BCUT2D eigenvalue weighted by atomic mass is 127. The molecular weight excluding hydrogens is 361 g/mol. The van der Waals surface area contributed by atoms with Gasteiger partial charge >= 0.3 is 0 Å². The summed E-state index contributed by atoms with van der Waals surface area (Å²) in [7, 11) is 0. The number of benzene rings is 1. The van der Waals surface area contributed by atoms with Gasteiger partial charge in [0.2, 0.25) is 0 Å². The normalized spacial score (nSPS) is 11.2. The summed E-state index contributed by atoms with van der Waals surface area (Å²) in [6.07, 6.45) is 0.987. The minimum atomic E-state index is 0. The predicted molar refractivity (Wildman–Crippen MR) is 99.3 cm³/mol. The van der Waals surface area contributed by atoms with Gasteiger partial charge in [-0.2, -0.15) is 0 Å². The van der Waals surface area contributed by atoms with Crippen molar-refractivity contribution in [2.45, 2.75) is 47.1 Å². The molecule has 0 saturated carbocycles. The molecule has 0 bridgehead atoms. The monoisotopic (exact) mass is 389 g/mol. The second kappa shape index (κ2) is 10.0. The molecule has 1 rings (SSSR count). The van der Waals surface area contributed by atoms with E-state index in [0.717, 1.165) is 25.5 Å². The standard InChI is InChI=1S/C16H27N3.HI/c1-6-17-16(19-12(2)3)18-10-9-15-8-7-13(4)11-14(15)5;/h7-8,11-12H,6,9-10H2,1-5H3,(H2,17,18,19);1H. The molecule has 0 spiro atoms. The van der Waals surface area contributed by atoms with Gasteiger partial charge in [-0.3, -0.25) is 4.99 Å². The molecule has 0 atom stereocenters. The van der Waals surface area contributed by atoms with Crippen LogP contribution in [-0.2, 0) is 6.42 Å². The third-order valence-electron chi connectivity index (χ3n) is 2.92. The molecule has 0 amide bonds. The fraction of sp³-hybridized carbons (Fsp3) is 0.562. The second-order valence-corrected chi connectivity index (χ2v) is 5.24. The summed E-state index contributed by atoms with van der Waals surface area (Å²) < 4.78 is 0. The van der Waals surface area contributed by atoms with Gasteiger partial charge in [0.05, 0.1) is 0 Å². The van der Waals surface area contributed by atoms with Crippen molar-refractivity contribution >= 4 is 29.9 Å². The lowest BCUT2D eigenvalue weighted by Gasteiger charge is -2.14. The Hall–Kier alpha value is -0.780. The summed E-state index contributed by atoms with van der Waals surface area (Å²) in [5.74, 6) is 0.905. The van der Waals surface area contributed by atoms with Crippen LogP contribution in [0.15, 0.2) is 23.2 Å². The molecule has 0 aliphatic rings. The fourth-order valence-electron chi connectivity index (χ4n) is 2.01. The van der Waals surface area contributed by atoms with E-state index < -0.39 is 0 Å². The van der Waals surface area contributed by atoms with Gasteiger partial charge in [-0.15, -0.1) is 24.0 Å². The summed E-state index contributed by atoms with van der Waals surface area (Å²) in [5.41, 5.74) is 4.06. The lowest BCUT2D eigenvalue weighted by molar-refractivity contribution is 0.700. The van der Waals surface area contributed by atoms with Crippen molar-refractivity contribution in [3.05, 3.63) is 34.9 Å². The van der Waals surface area contributed by atoms with Gasteiger partial charge in [-0.05, 0) is 52.2 Å². The first-order chi connectivity index (χ1) is 9.02. The zero-order valence-corrected chi connectivity index (χ0v) is 15.6. The highest BCUT2D eigenvalue weighted by molar-refractivity contribution is 14.0. The maximum atomic E-state index is 4.61. The molecule has 0 radical (unpaired) electrons. The Morgan fingerprint density at radius 3 is 2.50 bits per heavy atom. The van der Waals surface area contributed by atoms with E-state index in [-0.39, 0.29) is 24.0 Å². The van der Waals surface area contributed by atoms with Crippen LogP contribution in [0.1, 0.15) is 37.5 Å². The van der Waals surface area contributed by atoms with Crippen LogP contribution >= 0.6 is 24.0 Å². The average Bonchev–Trinajstić information content (AvgIpc) is 2.31. The number of hydrogen-bond acceptors (Lipinski definition) is 1. The first-order valence-corrected chi connectivity index (χ1v) is 7.14. The summed E-state index contributed by atoms with van der Waals surface area (Å²) >= 11 is 0. The number of aliphatic imine (C=N–C) groups is 1. The molecule has 0 aromatic heterocycles. The molecule has 0 unspecified atom stereocenters. The number of nitrogens with zero attached hydrogens (tertiary/aromatic N) is 1. The highest BCUT2D eigenvalue weighted by Crippen LogP contribution is 2.11. The van der Waals surface area contributed by atoms with Crippen LogP contribution in [0.3, 0.4) is 0 Å². The van der Waals surface area contributed by atoms with Crippen LogP contribution in [-0.4, -0.2) is 25.1 Å². The number of hydrogen-bond donors (Lipinski definition) is 2. The number of halogens is 1. The van der Waals surface area contributed by atoms with Crippen LogP contribution in [0.5, 0.6) is 0 Å². The quantitative estimate of drug-likeness (QED) is 0.460. The van der Waals surface area contributed by atoms with E-state index in [0.29, 0.717) is 6.04 Å². The first-order valence-electron chi connectivity index (χ1n) is 7.14. The highest BCUT2D eigenvalue weighted by Gasteiger charge is 2.01. The predicted octanol–water partition coefficient (Wildman–Crippen LogP) is 3.43. The third-order valence-corrected chi connectivity index (χ3v) is 2.92. The molecule has 3 nitrogen and oxygen atoms in total. The van der Waals surface area contributed by atoms with Crippen molar-refractivity contribution in [1.82, 2.24) is 10.6 Å². The Kier molecular flexibility index (Phi) is 9.63. The molecule has 20 heavy (non-hydrogen) atoms. The van der Waals surface area contributed by atoms with Crippen molar-refractivity contribution in [3.63, 3.8) is 0 Å². The van der Waals surface area contributed by atoms with Crippen molar-refractivity contribution in [2.24, 2.45) is 4.99 Å². The van der Waals surface area contributed by atoms with Crippen molar-refractivity contribution in [2.75, 3.05) is 13.1 Å². The van der Waals surface area contributed by atoms with Gasteiger partial charge in [0.1, 0.15) is 0 Å². The Morgan fingerprint density at radius 1 is 1.25 bits per heavy atom. The van der Waals surface area contributed by atoms with Crippen molar-refractivity contribution in [3.8, 4) is 0 Å². The largest absolute Gasteiger partial charge is 0.357 e. The molecule has 0 aliphatic carbocycles. The van der Waals surface area contributed by atoms with Crippen LogP contribution in [0.2, 0.25) is 0 Å². The number of nitrogens with one attached hydrogen (secondary N) is 2. The maximum Gasteiger partial charge on any atom is 0.191 e. The summed E-state index contributed by atoms with van der Waals surface area (Å²) in [4.78, 5) is 4.61. The molecule has 0 heterocycles. The minimum Gasteiger partial charge on any atom is -0.357 e. The Bertz CT molecular complexity index is 428. The number of guanidine groups is 1. The van der Waals surface area contributed by atoms with Gasteiger partial charge < -0.3 is 10.6 Å². The molecule has 4 heteroatoms. The van der Waals surface area contributed by atoms with Crippen LogP contribution in [0.25, 0.3) is 0 Å². The van der Waals surface area contributed by atoms with Gasteiger partial charge in [0, 0.05) is 19.1 Å². The molecule has 0 saturated heterocycles. The molecule has 114 valence electrons. The average molecular weight is 389 g/mol. The Labute approximate surface area is 140 Å². The molecule has 0 aliphatic heterocycles. The van der Waals surface area contributed by atoms with Crippen molar-refractivity contribution in [1.29, 1.82) is 0 Å². The third kappa shape index (κ3) is 7.12. The Balaban J connectivity index is 0.00000361. The topological polar surface area (TPSA) is 36.4 Å². The van der Waals surface area contributed by atoms with E-state index in [1.54, 1.807) is 0 Å². The molecule has 1 aromatic carbocycles. The second-order valence-electron chi connectivity index (χ2n) is 5.24. The van der Waals surface area contributed by atoms with Crippen LogP contribution in [0.4, 0.5) is 0 Å². The van der Waals surface area contributed by atoms with Crippen LogP contribution < -0.4 is 10.6 Å². The SMILES string of the molecule is CCNC(=NCCc1ccc(C)cc1C)NC(C)C.I. The van der Waals surface area contributed by atoms with Gasteiger partial charge in [0.25, 0.3) is 0 Å². The van der Waals surface area contributed by atoms with E-state index in [2.05, 4.69) is 68.4 Å². The van der Waals surface area contributed by atoms with Gasteiger partial charge in [0.15, 0.2) is 5.96 Å². The van der Waals surface area contributed by atoms with Gasteiger partial charge in [-0.1, -0.05) is 23.8 Å². The van der Waals surface area contributed by atoms with E-state index >= 15 is 0 Å². The first kappa shape index (κ1) is 19.2. The molecule has 0 fully saturated rings. The minimum absolute atomic E-state index is 0. The maximum absolute atomic E-state index is 4.61. The molecule has 2 N–H and O–H groups in total. The Morgan fingerprint density at radius 2 is 1.95 bits per heavy atom. The van der Waals surface area contributed by atoms with Crippen LogP contribution in [0, 0.1) is 13.8 Å². The lowest BCUT2D eigenvalue weighted by Crippen LogP contribution is -2.41. The summed E-state index contributed by atoms with van der Waals surface area (Å²) in [6.45, 7) is 12.3. The fourth-order valence-corrected chi connectivity index (χ4v) is 2.01. The van der Waals surface area contributed by atoms with Crippen molar-refractivity contribution < 1.29 is 0 Å². The summed E-state index contributed by atoms with van der Waals surface area (Å²) in [5, 5.41) is 6.59. The number of aryl methyl sites for hydroxylation is 2. The smallest absolute Gasteiger partial charge is 0.191 e. The van der Waals surface area contributed by atoms with Gasteiger partial charge in [-0.25, -0.2) is 0 Å². The van der Waals surface area contributed by atoms with E-state index in [4.69, 9.17) is 0 Å². The zero-order valence-electron chi connectivity index (χ0n) is 13.3. The lowest BCUT2D eigenvalue weighted by atomic mass is 10.0.